The van der Waals surface area contributed by atoms with E-state index in [1.165, 1.54) is 123 Å². The summed E-state index contributed by atoms with van der Waals surface area (Å²) in [5.74, 6) is -0.0309. The third-order valence-corrected chi connectivity index (χ3v) is 6.07. The van der Waals surface area contributed by atoms with Crippen molar-refractivity contribution in [3.05, 3.63) is 0 Å². The summed E-state index contributed by atoms with van der Waals surface area (Å²) in [5.41, 5.74) is 0.136. The van der Waals surface area contributed by atoms with E-state index >= 15 is 0 Å². The van der Waals surface area contributed by atoms with Gasteiger partial charge in [0.25, 0.3) is 0 Å². The summed E-state index contributed by atoms with van der Waals surface area (Å²) >= 11 is 0. The topological polar surface area (TPSA) is 61.3 Å². The minimum atomic E-state index is -0.0309. The van der Waals surface area contributed by atoms with Crippen molar-refractivity contribution in [2.24, 2.45) is 5.41 Å². The Kier molecular flexibility index (Phi) is 22.4. The molecule has 0 aromatic carbocycles. The van der Waals surface area contributed by atoms with Crippen LogP contribution in [0.2, 0.25) is 0 Å². The number of rotatable bonds is 20. The van der Waals surface area contributed by atoms with Crippen LogP contribution in [0.1, 0.15) is 143 Å². The van der Waals surface area contributed by atoms with Gasteiger partial charge in [-0.25, -0.2) is 0 Å². The molecule has 0 aromatic rings. The Hall–Kier alpha value is -0.570. The van der Waals surface area contributed by atoms with Gasteiger partial charge in [0.05, 0.1) is 13.5 Å². The Morgan fingerprint density at radius 2 is 0.964 bits per heavy atom. The third-order valence-electron chi connectivity index (χ3n) is 6.07. The molecule has 3 N–H and O–H groups in total. The van der Waals surface area contributed by atoms with E-state index in [1.54, 1.807) is 0 Å². The lowest BCUT2D eigenvalue weighted by Crippen LogP contribution is -2.22. The van der Waals surface area contributed by atoms with E-state index in [0.29, 0.717) is 6.42 Å². The molecule has 0 saturated heterocycles. The molecule has 0 rings (SSSR count). The molecule has 0 aliphatic carbocycles. The van der Waals surface area contributed by atoms with E-state index in [1.807, 2.05) is 0 Å². The van der Waals surface area contributed by atoms with E-state index < -0.39 is 0 Å². The van der Waals surface area contributed by atoms with Crippen LogP contribution in [0.25, 0.3) is 0 Å². The molecule has 0 atom stereocenters. The molecule has 3 heteroatoms. The first kappa shape index (κ1) is 29.6. The average Bonchev–Trinajstić information content (AvgIpc) is 2.66. The number of hydrogen-bond donors (Lipinski definition) is 1. The Morgan fingerprint density at radius 1 is 0.643 bits per heavy atom. The zero-order valence-electron chi connectivity index (χ0n) is 20.0. The van der Waals surface area contributed by atoms with Crippen LogP contribution in [-0.2, 0) is 9.53 Å². The maximum atomic E-state index is 11.9. The minimum Gasteiger partial charge on any atom is -0.469 e. The summed E-state index contributed by atoms with van der Waals surface area (Å²) in [6.07, 6.45) is 24.6. The highest BCUT2D eigenvalue weighted by Crippen LogP contribution is 2.35. The van der Waals surface area contributed by atoms with Gasteiger partial charge in [0, 0.05) is 0 Å². The second-order valence-electron chi connectivity index (χ2n) is 9.01. The molecule has 170 valence electrons. The third kappa shape index (κ3) is 18.8. The van der Waals surface area contributed by atoms with Gasteiger partial charge < -0.3 is 10.9 Å². The number of esters is 1. The van der Waals surface area contributed by atoms with Gasteiger partial charge in [0.1, 0.15) is 0 Å². The molecule has 0 saturated carbocycles. The van der Waals surface area contributed by atoms with Crippen molar-refractivity contribution in [3.63, 3.8) is 0 Å². The normalized spacial score (nSPS) is 11.3. The van der Waals surface area contributed by atoms with Crippen LogP contribution in [0, 0.1) is 5.41 Å². The van der Waals surface area contributed by atoms with Gasteiger partial charge in [0.2, 0.25) is 0 Å². The lowest BCUT2D eigenvalue weighted by atomic mass is 9.77. The van der Waals surface area contributed by atoms with Crippen molar-refractivity contribution in [2.75, 3.05) is 7.11 Å². The van der Waals surface area contributed by atoms with E-state index in [0.717, 1.165) is 0 Å². The molecule has 3 nitrogen and oxygen atoms in total. The van der Waals surface area contributed by atoms with Gasteiger partial charge in [-0.05, 0) is 18.3 Å². The number of ether oxygens (including phenoxy) is 1. The highest BCUT2D eigenvalue weighted by Gasteiger charge is 2.27. The molecule has 0 aromatic heterocycles. The van der Waals surface area contributed by atoms with Crippen molar-refractivity contribution in [1.82, 2.24) is 6.15 Å². The molecule has 0 bridgehead atoms. The van der Waals surface area contributed by atoms with Crippen molar-refractivity contribution >= 4 is 5.97 Å². The van der Waals surface area contributed by atoms with E-state index in [-0.39, 0.29) is 17.5 Å². The van der Waals surface area contributed by atoms with Gasteiger partial charge in [-0.1, -0.05) is 124 Å². The standard InChI is InChI=1S/C25H50O2.H3N/c1-5-7-9-11-13-15-17-19-21-25(3,23-24(26)27-4)22-20-18-16-14-12-10-8-6-2;/h5-23H2,1-4H3;1H3. The smallest absolute Gasteiger partial charge is 0.306 e. The van der Waals surface area contributed by atoms with E-state index in [9.17, 15) is 4.79 Å². The van der Waals surface area contributed by atoms with Gasteiger partial charge in [-0.2, -0.15) is 0 Å². The molecule has 0 unspecified atom stereocenters. The number of carbonyl (C=O) groups is 1. The first-order valence-electron chi connectivity index (χ1n) is 12.1. The van der Waals surface area contributed by atoms with Crippen LogP contribution in [0.15, 0.2) is 0 Å². The van der Waals surface area contributed by atoms with Gasteiger partial charge in [0.15, 0.2) is 0 Å². The van der Waals surface area contributed by atoms with Crippen molar-refractivity contribution < 1.29 is 9.53 Å². The average molecular weight is 400 g/mol. The van der Waals surface area contributed by atoms with Gasteiger partial charge >= 0.3 is 5.97 Å². The first-order valence-corrected chi connectivity index (χ1v) is 12.1. The summed E-state index contributed by atoms with van der Waals surface area (Å²) < 4.78 is 4.97. The summed E-state index contributed by atoms with van der Waals surface area (Å²) in [7, 11) is 1.52. The predicted molar refractivity (Wildman–Crippen MR) is 124 cm³/mol. The molecular weight excluding hydrogens is 346 g/mol. The van der Waals surface area contributed by atoms with Crippen LogP contribution < -0.4 is 6.15 Å². The zero-order valence-corrected chi connectivity index (χ0v) is 20.0. The molecule has 0 radical (unpaired) electrons. The van der Waals surface area contributed by atoms with E-state index in [2.05, 4.69) is 20.8 Å². The number of methoxy groups -OCH3 is 1. The molecule has 28 heavy (non-hydrogen) atoms. The highest BCUT2D eigenvalue weighted by atomic mass is 16.5. The van der Waals surface area contributed by atoms with Crippen molar-refractivity contribution in [1.29, 1.82) is 0 Å². The van der Waals surface area contributed by atoms with Crippen molar-refractivity contribution in [3.8, 4) is 0 Å². The molecule has 0 fully saturated rings. The Morgan fingerprint density at radius 3 is 1.29 bits per heavy atom. The maximum Gasteiger partial charge on any atom is 0.306 e. The Bertz CT molecular complexity index is 311. The van der Waals surface area contributed by atoms with Crippen LogP contribution in [-0.4, -0.2) is 13.1 Å². The summed E-state index contributed by atoms with van der Waals surface area (Å²) in [6.45, 7) is 6.86. The second kappa shape index (κ2) is 21.1. The Balaban J connectivity index is 0. The van der Waals surface area contributed by atoms with Crippen LogP contribution in [0.5, 0.6) is 0 Å². The second-order valence-corrected chi connectivity index (χ2v) is 9.01. The molecular formula is C25H53NO2. The lowest BCUT2D eigenvalue weighted by molar-refractivity contribution is -0.143. The molecule has 0 heterocycles. The number of unbranched alkanes of at least 4 members (excludes halogenated alkanes) is 14. The lowest BCUT2D eigenvalue weighted by Gasteiger charge is -2.28. The monoisotopic (exact) mass is 399 g/mol. The van der Waals surface area contributed by atoms with Crippen molar-refractivity contribution in [2.45, 2.75) is 143 Å². The largest absolute Gasteiger partial charge is 0.469 e. The summed E-state index contributed by atoms with van der Waals surface area (Å²) in [6, 6.07) is 0. The fraction of sp³-hybridized carbons (Fsp3) is 0.960. The number of carbonyl (C=O) groups excluding carboxylic acids is 1. The van der Waals surface area contributed by atoms with Crippen LogP contribution in [0.3, 0.4) is 0 Å². The summed E-state index contributed by atoms with van der Waals surface area (Å²) in [5, 5.41) is 0. The minimum absolute atomic E-state index is 0. The van der Waals surface area contributed by atoms with E-state index in [4.69, 9.17) is 4.74 Å². The van der Waals surface area contributed by atoms with Gasteiger partial charge in [-0.3, -0.25) is 4.79 Å². The Labute approximate surface area is 177 Å². The zero-order chi connectivity index (χ0) is 20.2. The first-order chi connectivity index (χ1) is 13.1. The predicted octanol–water partition coefficient (Wildman–Crippen LogP) is 8.78. The SMILES string of the molecule is CCCCCCCCCCC(C)(CCCCCCCCCC)CC(=O)OC.N. The fourth-order valence-electron chi connectivity index (χ4n) is 4.09. The van der Waals surface area contributed by atoms with Crippen LogP contribution >= 0.6 is 0 Å². The van der Waals surface area contributed by atoms with Gasteiger partial charge in [-0.15, -0.1) is 0 Å². The van der Waals surface area contributed by atoms with Crippen LogP contribution in [0.4, 0.5) is 0 Å². The quantitative estimate of drug-likeness (QED) is 0.164. The molecule has 0 aliphatic heterocycles. The molecule has 0 spiro atoms. The molecule has 0 aliphatic rings. The maximum absolute atomic E-state index is 11.9. The summed E-state index contributed by atoms with van der Waals surface area (Å²) in [4.78, 5) is 11.9. The fourth-order valence-corrected chi connectivity index (χ4v) is 4.09. The molecule has 0 amide bonds. The number of hydrogen-bond acceptors (Lipinski definition) is 3. The highest BCUT2D eigenvalue weighted by molar-refractivity contribution is 5.70.